The van der Waals surface area contributed by atoms with E-state index in [-0.39, 0.29) is 17.2 Å². The minimum Gasteiger partial charge on any atom is -0.507 e. The third-order valence-corrected chi connectivity index (χ3v) is 6.38. The molecule has 158 valence electrons. The van der Waals surface area contributed by atoms with Crippen LogP contribution in [0.2, 0.25) is 0 Å². The number of phenolic OH excluding ortho intramolecular Hbond substituents is 3. The fraction of sp³-hybridized carbons (Fsp3) is 0. The Kier molecular flexibility index (Phi) is 4.24. The molecule has 0 amide bonds. The van der Waals surface area contributed by atoms with Crippen molar-refractivity contribution in [1.29, 1.82) is 0 Å². The molecule has 3 N–H and O–H groups in total. The van der Waals surface area contributed by atoms with Gasteiger partial charge in [0.2, 0.25) is 0 Å². The van der Waals surface area contributed by atoms with Gasteiger partial charge in [0.25, 0.3) is 0 Å². The van der Waals surface area contributed by atoms with E-state index in [0.29, 0.717) is 0 Å². The average Bonchev–Trinajstić information content (AvgIpc) is 2.84. The Labute approximate surface area is 190 Å². The summed E-state index contributed by atoms with van der Waals surface area (Å²) in [6, 6.07) is 32.4. The summed E-state index contributed by atoms with van der Waals surface area (Å²) in [4.78, 5) is 0. The maximum absolute atomic E-state index is 11.0. The van der Waals surface area contributed by atoms with Gasteiger partial charge in [-0.05, 0) is 56.6 Å². The van der Waals surface area contributed by atoms with Crippen molar-refractivity contribution in [1.82, 2.24) is 0 Å². The average molecular weight is 428 g/mol. The molecule has 0 aliphatic heterocycles. The lowest BCUT2D eigenvalue weighted by Gasteiger charge is -2.16. The molecule has 6 aromatic carbocycles. The maximum Gasteiger partial charge on any atom is 0.124 e. The molecule has 0 aliphatic carbocycles. The van der Waals surface area contributed by atoms with Crippen molar-refractivity contribution in [2.24, 2.45) is 0 Å². The Bertz CT molecular complexity index is 1690. The lowest BCUT2D eigenvalue weighted by atomic mass is 9.88. The van der Waals surface area contributed by atoms with Crippen molar-refractivity contribution in [3.8, 4) is 39.5 Å². The van der Waals surface area contributed by atoms with Gasteiger partial charge in [0.05, 0.1) is 0 Å². The zero-order valence-electron chi connectivity index (χ0n) is 17.7. The van der Waals surface area contributed by atoms with Crippen LogP contribution in [0.3, 0.4) is 0 Å². The molecule has 0 bridgehead atoms. The summed E-state index contributed by atoms with van der Waals surface area (Å²) in [5.41, 5.74) is 3.65. The number of hydrogen-bond donors (Lipinski definition) is 3. The van der Waals surface area contributed by atoms with Gasteiger partial charge in [0.15, 0.2) is 0 Å². The Hall–Kier alpha value is -4.50. The second-order valence-electron chi connectivity index (χ2n) is 8.22. The van der Waals surface area contributed by atoms with Gasteiger partial charge in [0, 0.05) is 16.2 Å². The van der Waals surface area contributed by atoms with Crippen LogP contribution < -0.4 is 0 Å². The van der Waals surface area contributed by atoms with Crippen LogP contribution in [0.4, 0.5) is 0 Å². The number of fused-ring (bicyclic) bond motifs is 3. The van der Waals surface area contributed by atoms with E-state index in [1.54, 1.807) is 18.2 Å². The molecule has 3 nitrogen and oxygen atoms in total. The van der Waals surface area contributed by atoms with E-state index in [4.69, 9.17) is 0 Å². The van der Waals surface area contributed by atoms with Crippen LogP contribution in [0.1, 0.15) is 0 Å². The quantitative estimate of drug-likeness (QED) is 0.266. The Balaban J connectivity index is 1.72. The van der Waals surface area contributed by atoms with E-state index >= 15 is 0 Å². The van der Waals surface area contributed by atoms with Crippen molar-refractivity contribution in [3.05, 3.63) is 103 Å². The predicted molar refractivity (Wildman–Crippen MR) is 135 cm³/mol. The first-order chi connectivity index (χ1) is 16.1. The van der Waals surface area contributed by atoms with Gasteiger partial charge in [-0.3, -0.25) is 0 Å². The van der Waals surface area contributed by atoms with Gasteiger partial charge in [-0.15, -0.1) is 0 Å². The highest BCUT2D eigenvalue weighted by atomic mass is 16.3. The highest BCUT2D eigenvalue weighted by Crippen LogP contribution is 2.45. The number of hydrogen-bond acceptors (Lipinski definition) is 3. The summed E-state index contributed by atoms with van der Waals surface area (Å²) in [6.07, 6.45) is 0. The molecule has 0 fully saturated rings. The van der Waals surface area contributed by atoms with Gasteiger partial charge in [-0.1, -0.05) is 84.9 Å². The molecule has 0 saturated heterocycles. The summed E-state index contributed by atoms with van der Waals surface area (Å²) in [5.74, 6) is 0.629. The van der Waals surface area contributed by atoms with Crippen LogP contribution in [0.25, 0.3) is 54.6 Å². The molecule has 0 radical (unpaired) electrons. The molecule has 0 unspecified atom stereocenters. The van der Waals surface area contributed by atoms with Crippen LogP contribution in [-0.2, 0) is 0 Å². The monoisotopic (exact) mass is 428 g/mol. The van der Waals surface area contributed by atoms with E-state index < -0.39 is 0 Å². The Morgan fingerprint density at radius 2 is 0.879 bits per heavy atom. The van der Waals surface area contributed by atoms with Crippen LogP contribution in [0.5, 0.6) is 17.2 Å². The SMILES string of the molecule is Oc1ccc(-c2ccc(-c3cccc4cccc(O)c34)c3c(O)cccc23)c2ccccc12. The summed E-state index contributed by atoms with van der Waals surface area (Å²) >= 11 is 0. The number of benzene rings is 6. The predicted octanol–water partition coefficient (Wildman–Crippen LogP) is 7.60. The van der Waals surface area contributed by atoms with E-state index in [0.717, 1.165) is 54.6 Å². The summed E-state index contributed by atoms with van der Waals surface area (Å²) in [7, 11) is 0. The smallest absolute Gasteiger partial charge is 0.124 e. The molecular weight excluding hydrogens is 408 g/mol. The van der Waals surface area contributed by atoms with Crippen molar-refractivity contribution >= 4 is 32.3 Å². The molecule has 0 heterocycles. The van der Waals surface area contributed by atoms with E-state index in [2.05, 4.69) is 6.07 Å². The summed E-state index contributed by atoms with van der Waals surface area (Å²) in [6.45, 7) is 0. The van der Waals surface area contributed by atoms with E-state index in [9.17, 15) is 15.3 Å². The molecule has 0 spiro atoms. The zero-order chi connectivity index (χ0) is 22.5. The van der Waals surface area contributed by atoms with Crippen molar-refractivity contribution < 1.29 is 15.3 Å². The zero-order valence-corrected chi connectivity index (χ0v) is 17.7. The first-order valence-corrected chi connectivity index (χ1v) is 10.8. The molecule has 0 aliphatic rings. The van der Waals surface area contributed by atoms with Crippen LogP contribution in [-0.4, -0.2) is 15.3 Å². The highest BCUT2D eigenvalue weighted by Gasteiger charge is 2.17. The first kappa shape index (κ1) is 19.2. The summed E-state index contributed by atoms with van der Waals surface area (Å²) in [5, 5.41) is 37.0. The largest absolute Gasteiger partial charge is 0.507 e. The van der Waals surface area contributed by atoms with Gasteiger partial charge < -0.3 is 15.3 Å². The Morgan fingerprint density at radius 1 is 0.333 bits per heavy atom. The van der Waals surface area contributed by atoms with Crippen molar-refractivity contribution in [2.75, 3.05) is 0 Å². The van der Waals surface area contributed by atoms with Gasteiger partial charge in [-0.2, -0.15) is 0 Å². The molecule has 0 saturated carbocycles. The topological polar surface area (TPSA) is 60.7 Å². The fourth-order valence-electron chi connectivity index (χ4n) is 4.91. The molecular formula is C30H20O3. The molecule has 33 heavy (non-hydrogen) atoms. The third kappa shape index (κ3) is 2.90. The number of rotatable bonds is 2. The first-order valence-electron chi connectivity index (χ1n) is 10.8. The fourth-order valence-corrected chi connectivity index (χ4v) is 4.91. The molecule has 3 heteroatoms. The van der Waals surface area contributed by atoms with E-state index in [1.807, 2.05) is 78.9 Å². The highest BCUT2D eigenvalue weighted by molar-refractivity contribution is 6.15. The normalized spacial score (nSPS) is 11.4. The second kappa shape index (κ2) is 7.28. The lowest BCUT2D eigenvalue weighted by Crippen LogP contribution is -1.89. The minimum absolute atomic E-state index is 0.180. The van der Waals surface area contributed by atoms with Gasteiger partial charge >= 0.3 is 0 Å². The maximum atomic E-state index is 11.0. The molecule has 6 rings (SSSR count). The van der Waals surface area contributed by atoms with Crippen LogP contribution in [0.15, 0.2) is 103 Å². The molecule has 6 aromatic rings. The number of phenols is 3. The summed E-state index contributed by atoms with van der Waals surface area (Å²) < 4.78 is 0. The van der Waals surface area contributed by atoms with E-state index in [1.165, 1.54) is 0 Å². The number of aromatic hydroxyl groups is 3. The van der Waals surface area contributed by atoms with Crippen molar-refractivity contribution in [2.45, 2.75) is 0 Å². The van der Waals surface area contributed by atoms with Crippen LogP contribution in [0, 0.1) is 0 Å². The molecule has 0 aromatic heterocycles. The standard InChI is InChI=1S/C30H20O3/c31-26-17-16-20(19-8-1-2-9-22(19)26)21-14-15-25(30-23(21)11-5-13-28(30)33)24-10-3-6-18-7-4-12-27(32)29(18)24/h1-17,31-33H. The van der Waals surface area contributed by atoms with Gasteiger partial charge in [-0.25, -0.2) is 0 Å². The van der Waals surface area contributed by atoms with Crippen LogP contribution >= 0.6 is 0 Å². The lowest BCUT2D eigenvalue weighted by molar-refractivity contribution is 0.481. The van der Waals surface area contributed by atoms with Crippen molar-refractivity contribution in [3.63, 3.8) is 0 Å². The molecule has 0 atom stereocenters. The minimum atomic E-state index is 0.180. The third-order valence-electron chi connectivity index (χ3n) is 6.38. The van der Waals surface area contributed by atoms with Gasteiger partial charge in [0.1, 0.15) is 17.2 Å². The second-order valence-corrected chi connectivity index (χ2v) is 8.22. The Morgan fingerprint density at radius 3 is 1.70 bits per heavy atom.